The molecule has 64 valence electrons. The van der Waals surface area contributed by atoms with Crippen LogP contribution in [-0.4, -0.2) is 18.0 Å². The Morgan fingerprint density at radius 3 is 3.00 bits per heavy atom. The third kappa shape index (κ3) is 2.72. The van der Waals surface area contributed by atoms with Crippen molar-refractivity contribution in [3.05, 3.63) is 29.8 Å². The summed E-state index contributed by atoms with van der Waals surface area (Å²) in [5.74, 6) is 0.210. The van der Waals surface area contributed by atoms with Crippen LogP contribution in [0.15, 0.2) is 24.3 Å². The summed E-state index contributed by atoms with van der Waals surface area (Å²) in [4.78, 5) is 9.89. The minimum atomic E-state index is 0.0929. The van der Waals surface area contributed by atoms with Crippen LogP contribution in [0.5, 0.6) is 5.75 Å². The van der Waals surface area contributed by atoms with Gasteiger partial charge in [-0.3, -0.25) is 0 Å². The fraction of sp³-hybridized carbons (Fsp3) is 0.222. The molecule has 0 spiro atoms. The van der Waals surface area contributed by atoms with Gasteiger partial charge in [-0.25, -0.2) is 0 Å². The van der Waals surface area contributed by atoms with Crippen molar-refractivity contribution in [2.45, 2.75) is 6.61 Å². The molecule has 1 rings (SSSR count). The second-order valence-corrected chi connectivity index (χ2v) is 2.35. The van der Waals surface area contributed by atoms with E-state index in [2.05, 4.69) is 0 Å². The number of rotatable bonds is 4. The SMILES string of the molecule is O=CCOCc1cccc(O)c1. The van der Waals surface area contributed by atoms with Crippen LogP contribution < -0.4 is 0 Å². The van der Waals surface area contributed by atoms with Gasteiger partial charge in [0.05, 0.1) is 6.61 Å². The minimum Gasteiger partial charge on any atom is -0.508 e. The average Bonchev–Trinajstić information content (AvgIpc) is 2.05. The number of aldehydes is 1. The maximum atomic E-state index is 9.89. The highest BCUT2D eigenvalue weighted by atomic mass is 16.5. The number of aromatic hydroxyl groups is 1. The molecule has 0 radical (unpaired) electrons. The summed E-state index contributed by atoms with van der Waals surface area (Å²) in [6, 6.07) is 6.74. The number of hydrogen-bond donors (Lipinski definition) is 1. The highest BCUT2D eigenvalue weighted by molar-refractivity contribution is 5.50. The molecule has 0 aliphatic heterocycles. The van der Waals surface area contributed by atoms with Gasteiger partial charge in [0.15, 0.2) is 0 Å². The lowest BCUT2D eigenvalue weighted by Gasteiger charge is -2.00. The number of carbonyl (C=O) groups excluding carboxylic acids is 1. The van der Waals surface area contributed by atoms with Gasteiger partial charge in [-0.1, -0.05) is 12.1 Å². The first-order chi connectivity index (χ1) is 5.83. The molecular formula is C9H10O3. The zero-order valence-electron chi connectivity index (χ0n) is 6.56. The minimum absolute atomic E-state index is 0.0929. The van der Waals surface area contributed by atoms with Crippen LogP contribution in [0, 0.1) is 0 Å². The molecule has 0 aromatic heterocycles. The lowest BCUT2D eigenvalue weighted by atomic mass is 10.2. The quantitative estimate of drug-likeness (QED) is 0.538. The molecule has 0 fully saturated rings. The Hall–Kier alpha value is -1.35. The molecule has 1 aromatic carbocycles. The number of carbonyl (C=O) groups is 1. The largest absolute Gasteiger partial charge is 0.508 e. The predicted molar refractivity (Wildman–Crippen MR) is 43.8 cm³/mol. The maximum Gasteiger partial charge on any atom is 0.145 e. The molecule has 1 aromatic rings. The van der Waals surface area contributed by atoms with Crippen molar-refractivity contribution in [3.8, 4) is 5.75 Å². The third-order valence-electron chi connectivity index (χ3n) is 1.37. The second-order valence-electron chi connectivity index (χ2n) is 2.35. The summed E-state index contributed by atoms with van der Waals surface area (Å²) in [6.45, 7) is 0.447. The highest BCUT2D eigenvalue weighted by Gasteiger charge is 1.93. The zero-order chi connectivity index (χ0) is 8.81. The molecule has 0 aliphatic carbocycles. The van der Waals surface area contributed by atoms with E-state index < -0.39 is 0 Å². The van der Waals surface area contributed by atoms with Gasteiger partial charge in [-0.05, 0) is 17.7 Å². The van der Waals surface area contributed by atoms with Gasteiger partial charge in [0.1, 0.15) is 18.6 Å². The zero-order valence-corrected chi connectivity index (χ0v) is 6.56. The molecule has 0 atom stereocenters. The topological polar surface area (TPSA) is 46.5 Å². The van der Waals surface area contributed by atoms with Crippen molar-refractivity contribution < 1.29 is 14.6 Å². The smallest absolute Gasteiger partial charge is 0.145 e. The van der Waals surface area contributed by atoms with Gasteiger partial charge in [0, 0.05) is 0 Å². The van der Waals surface area contributed by atoms with Gasteiger partial charge in [-0.15, -0.1) is 0 Å². The predicted octanol–water partition coefficient (Wildman–Crippen LogP) is 1.11. The molecule has 0 unspecified atom stereocenters. The van der Waals surface area contributed by atoms with Crippen LogP contribution in [0.3, 0.4) is 0 Å². The number of phenols is 1. The standard InChI is InChI=1S/C9H10O3/c10-4-5-12-7-8-2-1-3-9(11)6-8/h1-4,6,11H,5,7H2. The Morgan fingerprint density at radius 2 is 2.33 bits per heavy atom. The first kappa shape index (κ1) is 8.74. The van der Waals surface area contributed by atoms with Gasteiger partial charge in [0.25, 0.3) is 0 Å². The third-order valence-corrected chi connectivity index (χ3v) is 1.37. The summed E-state index contributed by atoms with van der Waals surface area (Å²) in [5.41, 5.74) is 0.858. The molecule has 12 heavy (non-hydrogen) atoms. The van der Waals surface area contributed by atoms with Crippen LogP contribution in [0.1, 0.15) is 5.56 Å². The molecule has 3 heteroatoms. The van der Waals surface area contributed by atoms with E-state index in [-0.39, 0.29) is 12.4 Å². The van der Waals surface area contributed by atoms with Crippen LogP contribution in [0.4, 0.5) is 0 Å². The van der Waals surface area contributed by atoms with Gasteiger partial charge < -0.3 is 14.6 Å². The first-order valence-corrected chi connectivity index (χ1v) is 3.62. The van der Waals surface area contributed by atoms with Gasteiger partial charge in [0.2, 0.25) is 0 Å². The van der Waals surface area contributed by atoms with Crippen molar-refractivity contribution >= 4 is 6.29 Å². The van der Waals surface area contributed by atoms with Crippen LogP contribution in [0.2, 0.25) is 0 Å². The van der Waals surface area contributed by atoms with E-state index in [0.717, 1.165) is 5.56 Å². The molecular weight excluding hydrogens is 156 g/mol. The number of ether oxygens (including phenoxy) is 1. The molecule has 0 saturated carbocycles. The Labute approximate surface area is 70.6 Å². The fourth-order valence-corrected chi connectivity index (χ4v) is 0.871. The molecule has 0 bridgehead atoms. The lowest BCUT2D eigenvalue weighted by molar-refractivity contribution is -0.112. The van der Waals surface area contributed by atoms with Crippen molar-refractivity contribution in [2.75, 3.05) is 6.61 Å². The summed E-state index contributed by atoms with van der Waals surface area (Å²) in [7, 11) is 0. The van der Waals surface area contributed by atoms with Crippen molar-refractivity contribution in [3.63, 3.8) is 0 Å². The summed E-state index contributed by atoms with van der Waals surface area (Å²) >= 11 is 0. The summed E-state index contributed by atoms with van der Waals surface area (Å²) < 4.78 is 4.94. The van der Waals surface area contributed by atoms with Crippen LogP contribution in [-0.2, 0) is 16.1 Å². The highest BCUT2D eigenvalue weighted by Crippen LogP contribution is 2.11. The Balaban J connectivity index is 2.46. The van der Waals surface area contributed by atoms with E-state index in [9.17, 15) is 4.79 Å². The number of phenolic OH excluding ortho intramolecular Hbond substituents is 1. The molecule has 0 aliphatic rings. The number of hydrogen-bond acceptors (Lipinski definition) is 3. The first-order valence-electron chi connectivity index (χ1n) is 3.62. The lowest BCUT2D eigenvalue weighted by Crippen LogP contribution is -1.95. The molecule has 3 nitrogen and oxygen atoms in total. The van der Waals surface area contributed by atoms with Gasteiger partial charge >= 0.3 is 0 Å². The van der Waals surface area contributed by atoms with Gasteiger partial charge in [-0.2, -0.15) is 0 Å². The van der Waals surface area contributed by atoms with Crippen molar-refractivity contribution in [1.82, 2.24) is 0 Å². The molecule has 1 N–H and O–H groups in total. The molecule has 0 saturated heterocycles. The Morgan fingerprint density at radius 1 is 1.50 bits per heavy atom. The van der Waals surface area contributed by atoms with Crippen molar-refractivity contribution in [2.24, 2.45) is 0 Å². The fourth-order valence-electron chi connectivity index (χ4n) is 0.871. The normalized spacial score (nSPS) is 9.67. The van der Waals surface area contributed by atoms with Crippen LogP contribution in [0.25, 0.3) is 0 Å². The second kappa shape index (κ2) is 4.51. The van der Waals surface area contributed by atoms with E-state index in [1.165, 1.54) is 0 Å². The van der Waals surface area contributed by atoms with E-state index in [4.69, 9.17) is 9.84 Å². The molecule has 0 amide bonds. The number of benzene rings is 1. The summed E-state index contributed by atoms with van der Waals surface area (Å²) in [6.07, 6.45) is 0.697. The Bertz CT molecular complexity index is 258. The monoisotopic (exact) mass is 166 g/mol. The van der Waals surface area contributed by atoms with Crippen LogP contribution >= 0.6 is 0 Å². The molecule has 0 heterocycles. The Kier molecular flexibility index (Phi) is 3.29. The maximum absolute atomic E-state index is 9.89. The van der Waals surface area contributed by atoms with E-state index in [0.29, 0.717) is 12.9 Å². The van der Waals surface area contributed by atoms with E-state index >= 15 is 0 Å². The van der Waals surface area contributed by atoms with E-state index in [1.807, 2.05) is 6.07 Å². The van der Waals surface area contributed by atoms with Crippen molar-refractivity contribution in [1.29, 1.82) is 0 Å². The average molecular weight is 166 g/mol. The van der Waals surface area contributed by atoms with E-state index in [1.54, 1.807) is 18.2 Å². The summed E-state index contributed by atoms with van der Waals surface area (Å²) in [5, 5.41) is 9.04.